The number of nitrogens with one attached hydrogen (secondary N) is 1. The fraction of sp³-hybridized carbons (Fsp3) is 0.846. The molecule has 7 nitrogen and oxygen atoms in total. The van der Waals surface area contributed by atoms with E-state index in [1.54, 1.807) is 11.8 Å². The van der Waals surface area contributed by atoms with Crippen LogP contribution in [0, 0.1) is 5.92 Å². The Balaban J connectivity index is 1.74. The van der Waals surface area contributed by atoms with Gasteiger partial charge in [0.2, 0.25) is 5.16 Å². The van der Waals surface area contributed by atoms with Crippen molar-refractivity contribution in [1.82, 2.24) is 25.5 Å². The van der Waals surface area contributed by atoms with Gasteiger partial charge in [-0.3, -0.25) is 4.79 Å². The molecule has 0 spiro atoms. The Bertz CT molecular complexity index is 514. The van der Waals surface area contributed by atoms with Gasteiger partial charge in [-0.15, -0.1) is 5.10 Å². The lowest BCUT2D eigenvalue weighted by molar-refractivity contribution is -0.148. The first kappa shape index (κ1) is 14.8. The van der Waals surface area contributed by atoms with Gasteiger partial charge in [0.1, 0.15) is 5.54 Å². The van der Waals surface area contributed by atoms with Gasteiger partial charge in [-0.1, -0.05) is 18.7 Å². The van der Waals surface area contributed by atoms with E-state index in [1.807, 2.05) is 11.6 Å². The molecule has 1 aromatic rings. The minimum Gasteiger partial charge on any atom is -0.468 e. The number of carbonyl (C=O) groups is 1. The zero-order valence-corrected chi connectivity index (χ0v) is 13.2. The van der Waals surface area contributed by atoms with Crippen molar-refractivity contribution in [2.45, 2.75) is 49.3 Å². The molecule has 0 aliphatic heterocycles. The summed E-state index contributed by atoms with van der Waals surface area (Å²) in [7, 11) is 1.45. The fourth-order valence-corrected chi connectivity index (χ4v) is 3.92. The van der Waals surface area contributed by atoms with Crippen LogP contribution in [0.5, 0.6) is 0 Å². The molecule has 0 bridgehead atoms. The highest BCUT2D eigenvalue weighted by Gasteiger charge is 2.51. The van der Waals surface area contributed by atoms with Gasteiger partial charge in [-0.05, 0) is 48.6 Å². The zero-order valence-electron chi connectivity index (χ0n) is 12.4. The van der Waals surface area contributed by atoms with Crippen LogP contribution in [-0.4, -0.2) is 51.1 Å². The third-order valence-corrected chi connectivity index (χ3v) is 5.23. The van der Waals surface area contributed by atoms with Crippen LogP contribution in [0.3, 0.4) is 0 Å². The summed E-state index contributed by atoms with van der Waals surface area (Å²) in [5, 5.41) is 16.1. The number of carbonyl (C=O) groups excluding carboxylic acids is 1. The number of aromatic nitrogens is 4. The van der Waals surface area contributed by atoms with Crippen molar-refractivity contribution in [2.24, 2.45) is 5.92 Å². The van der Waals surface area contributed by atoms with E-state index in [2.05, 4.69) is 20.8 Å². The Morgan fingerprint density at radius 1 is 1.48 bits per heavy atom. The highest BCUT2D eigenvalue weighted by atomic mass is 32.2. The minimum absolute atomic E-state index is 0.176. The van der Waals surface area contributed by atoms with Gasteiger partial charge in [-0.2, -0.15) is 0 Å². The number of rotatable bonds is 8. The predicted octanol–water partition coefficient (Wildman–Crippen LogP) is 1.03. The molecule has 0 amide bonds. The summed E-state index contributed by atoms with van der Waals surface area (Å²) in [6.07, 6.45) is 4.40. The molecule has 3 rings (SSSR count). The monoisotopic (exact) mass is 311 g/mol. The molecule has 1 unspecified atom stereocenters. The van der Waals surface area contributed by atoms with E-state index < -0.39 is 5.54 Å². The predicted molar refractivity (Wildman–Crippen MR) is 78.0 cm³/mol. The van der Waals surface area contributed by atoms with Crippen molar-refractivity contribution >= 4 is 17.7 Å². The lowest BCUT2D eigenvalue weighted by Gasteiger charge is -2.31. The van der Waals surface area contributed by atoms with E-state index >= 15 is 0 Å². The number of hydrogen-bond acceptors (Lipinski definition) is 7. The summed E-state index contributed by atoms with van der Waals surface area (Å²) in [5.41, 5.74) is -0.617. The largest absolute Gasteiger partial charge is 0.468 e. The van der Waals surface area contributed by atoms with Gasteiger partial charge in [0.05, 0.1) is 13.2 Å². The number of hydrogen-bond donors (Lipinski definition) is 1. The molecule has 2 saturated carbocycles. The van der Waals surface area contributed by atoms with Gasteiger partial charge < -0.3 is 10.1 Å². The van der Waals surface area contributed by atoms with Gasteiger partial charge in [-0.25, -0.2) is 4.68 Å². The Morgan fingerprint density at radius 3 is 2.81 bits per heavy atom. The van der Waals surface area contributed by atoms with Gasteiger partial charge >= 0.3 is 5.97 Å². The number of tetrazole rings is 1. The quantitative estimate of drug-likeness (QED) is 0.567. The summed E-state index contributed by atoms with van der Waals surface area (Å²) >= 11 is 1.54. The Hall–Kier alpha value is -1.15. The Morgan fingerprint density at radius 2 is 2.24 bits per heavy atom. The number of likely N-dealkylation sites (N-methyl/N-ethyl adjacent to an activating group) is 1. The molecule has 116 valence electrons. The highest BCUT2D eigenvalue weighted by molar-refractivity contribution is 7.99. The van der Waals surface area contributed by atoms with Crippen LogP contribution in [0.4, 0.5) is 0 Å². The molecule has 1 atom stereocenters. The minimum atomic E-state index is -0.617. The lowest BCUT2D eigenvalue weighted by atomic mass is 9.95. The van der Waals surface area contributed by atoms with Crippen molar-refractivity contribution < 1.29 is 9.53 Å². The second kappa shape index (κ2) is 5.92. The maximum absolute atomic E-state index is 12.3. The first-order chi connectivity index (χ1) is 10.2. The molecule has 2 fully saturated rings. The molecular weight excluding hydrogens is 290 g/mol. The first-order valence-electron chi connectivity index (χ1n) is 7.45. The summed E-state index contributed by atoms with van der Waals surface area (Å²) in [6.45, 7) is 2.75. The molecule has 8 heteroatoms. The SMILES string of the molecule is CCNC(CSc1nnnn1C1CC1)(C(=O)OC)C1CC1. The molecule has 2 aliphatic rings. The Kier molecular flexibility index (Phi) is 4.17. The summed E-state index contributed by atoms with van der Waals surface area (Å²) in [6, 6.07) is 0.440. The van der Waals surface area contributed by atoms with Gasteiger partial charge in [0, 0.05) is 5.75 Å². The number of esters is 1. The van der Waals surface area contributed by atoms with Crippen LogP contribution >= 0.6 is 11.8 Å². The standard InChI is InChI=1S/C13H21N5O2S/c1-3-14-13(9-4-5-9,11(19)20-2)8-21-12-15-16-17-18(12)10-6-7-10/h9-10,14H,3-8H2,1-2H3. The van der Waals surface area contributed by atoms with Crippen LogP contribution in [-0.2, 0) is 9.53 Å². The molecule has 0 aromatic carbocycles. The average Bonchev–Trinajstić information content (AvgIpc) is 3.41. The number of nitrogens with zero attached hydrogens (tertiary/aromatic N) is 4. The van der Waals surface area contributed by atoms with Crippen molar-refractivity contribution in [1.29, 1.82) is 0 Å². The fourth-order valence-electron chi connectivity index (χ4n) is 2.69. The molecular formula is C13H21N5O2S. The molecule has 0 saturated heterocycles. The molecule has 2 aliphatic carbocycles. The summed E-state index contributed by atoms with van der Waals surface area (Å²) in [5.74, 6) is 0.776. The molecule has 0 radical (unpaired) electrons. The summed E-state index contributed by atoms with van der Waals surface area (Å²) < 4.78 is 6.94. The second-order valence-corrected chi connectivity index (χ2v) is 6.64. The van der Waals surface area contributed by atoms with E-state index in [1.165, 1.54) is 7.11 Å². The molecule has 1 aromatic heterocycles. The van der Waals surface area contributed by atoms with Crippen LogP contribution in [0.25, 0.3) is 0 Å². The van der Waals surface area contributed by atoms with Crippen molar-refractivity contribution in [2.75, 3.05) is 19.4 Å². The average molecular weight is 311 g/mol. The third-order valence-electron chi connectivity index (χ3n) is 4.10. The lowest BCUT2D eigenvalue weighted by Crippen LogP contribution is -2.56. The second-order valence-electron chi connectivity index (χ2n) is 5.69. The smallest absolute Gasteiger partial charge is 0.327 e. The van der Waals surface area contributed by atoms with E-state index in [0.29, 0.717) is 17.7 Å². The maximum Gasteiger partial charge on any atom is 0.327 e. The normalized spacial score (nSPS) is 21.0. The highest BCUT2D eigenvalue weighted by Crippen LogP contribution is 2.43. The number of ether oxygens (including phenoxy) is 1. The third kappa shape index (κ3) is 2.91. The van der Waals surface area contributed by atoms with Crippen LogP contribution < -0.4 is 5.32 Å². The van der Waals surface area contributed by atoms with E-state index in [-0.39, 0.29) is 5.97 Å². The van der Waals surface area contributed by atoms with Crippen LogP contribution in [0.1, 0.15) is 38.6 Å². The first-order valence-corrected chi connectivity index (χ1v) is 8.44. The molecule has 1 N–H and O–H groups in total. The van der Waals surface area contributed by atoms with Crippen LogP contribution in [0.2, 0.25) is 0 Å². The van der Waals surface area contributed by atoms with Gasteiger partial charge in [0.25, 0.3) is 0 Å². The van der Waals surface area contributed by atoms with E-state index in [4.69, 9.17) is 4.74 Å². The van der Waals surface area contributed by atoms with E-state index in [9.17, 15) is 4.79 Å². The number of thioether (sulfide) groups is 1. The van der Waals surface area contributed by atoms with Crippen molar-refractivity contribution in [3.8, 4) is 0 Å². The van der Waals surface area contributed by atoms with Crippen LogP contribution in [0.15, 0.2) is 5.16 Å². The summed E-state index contributed by atoms with van der Waals surface area (Å²) in [4.78, 5) is 12.3. The van der Waals surface area contributed by atoms with Gasteiger partial charge in [0.15, 0.2) is 0 Å². The van der Waals surface area contributed by atoms with Crippen molar-refractivity contribution in [3.63, 3.8) is 0 Å². The Labute approximate surface area is 128 Å². The zero-order chi connectivity index (χ0) is 14.9. The topological polar surface area (TPSA) is 81.9 Å². The van der Waals surface area contributed by atoms with Crippen molar-refractivity contribution in [3.05, 3.63) is 0 Å². The van der Waals surface area contributed by atoms with E-state index in [0.717, 1.165) is 37.4 Å². The molecule has 1 heterocycles. The molecule has 21 heavy (non-hydrogen) atoms. The number of methoxy groups -OCH3 is 1. The maximum atomic E-state index is 12.3.